The summed E-state index contributed by atoms with van der Waals surface area (Å²) in [7, 11) is 0. The summed E-state index contributed by atoms with van der Waals surface area (Å²) in [5.74, 6) is 0.616. The van der Waals surface area contributed by atoms with E-state index in [1.807, 2.05) is 0 Å². The van der Waals surface area contributed by atoms with Gasteiger partial charge in [-0.1, -0.05) is 130 Å². The molecule has 0 aliphatic rings. The van der Waals surface area contributed by atoms with Gasteiger partial charge in [-0.25, -0.2) is 0 Å². The maximum absolute atomic E-state index is 12.1. The van der Waals surface area contributed by atoms with E-state index in [1.54, 1.807) is 0 Å². The molecule has 174 valence electrons. The molecular formula is C27H54O2. The van der Waals surface area contributed by atoms with Gasteiger partial charge in [-0.15, -0.1) is 0 Å². The lowest BCUT2D eigenvalue weighted by molar-refractivity contribution is -0.145. The summed E-state index contributed by atoms with van der Waals surface area (Å²) >= 11 is 0. The van der Waals surface area contributed by atoms with Crippen LogP contribution in [0.4, 0.5) is 0 Å². The number of ether oxygens (including phenoxy) is 1. The van der Waals surface area contributed by atoms with Crippen LogP contribution in [0.15, 0.2) is 0 Å². The monoisotopic (exact) mass is 410 g/mol. The van der Waals surface area contributed by atoms with Gasteiger partial charge in [0.2, 0.25) is 0 Å². The summed E-state index contributed by atoms with van der Waals surface area (Å²) in [6.07, 6.45) is 26.8. The Bertz CT molecular complexity index is 326. The molecule has 0 rings (SSSR count). The highest BCUT2D eigenvalue weighted by Gasteiger charge is 2.11. The molecular weight excluding hydrogens is 356 g/mol. The SMILES string of the molecule is CCCCCCCCCCCCCCC(=O)OCC(CCCC)CCCCCC. The van der Waals surface area contributed by atoms with Crippen LogP contribution in [0.25, 0.3) is 0 Å². The molecule has 29 heavy (non-hydrogen) atoms. The highest BCUT2D eigenvalue weighted by atomic mass is 16.5. The first-order valence-corrected chi connectivity index (χ1v) is 13.4. The van der Waals surface area contributed by atoms with E-state index in [-0.39, 0.29) is 5.97 Å². The number of carbonyl (C=O) groups is 1. The Kier molecular flexibility index (Phi) is 23.3. The van der Waals surface area contributed by atoms with Crippen LogP contribution in [-0.4, -0.2) is 12.6 Å². The van der Waals surface area contributed by atoms with Gasteiger partial charge < -0.3 is 4.74 Å². The van der Waals surface area contributed by atoms with E-state index in [1.165, 1.54) is 122 Å². The molecule has 1 atom stereocenters. The minimum atomic E-state index is 0.0344. The second-order valence-electron chi connectivity index (χ2n) is 9.18. The molecule has 0 aliphatic heterocycles. The van der Waals surface area contributed by atoms with Crippen molar-refractivity contribution in [3.63, 3.8) is 0 Å². The van der Waals surface area contributed by atoms with E-state index in [0.29, 0.717) is 18.9 Å². The fourth-order valence-electron chi connectivity index (χ4n) is 4.06. The molecule has 0 amide bonds. The van der Waals surface area contributed by atoms with E-state index < -0.39 is 0 Å². The van der Waals surface area contributed by atoms with Gasteiger partial charge in [-0.2, -0.15) is 0 Å². The normalized spacial score (nSPS) is 12.2. The fourth-order valence-corrected chi connectivity index (χ4v) is 4.06. The summed E-state index contributed by atoms with van der Waals surface area (Å²) in [5, 5.41) is 0. The van der Waals surface area contributed by atoms with Gasteiger partial charge in [-0.05, 0) is 25.2 Å². The first kappa shape index (κ1) is 28.5. The average molecular weight is 411 g/mol. The average Bonchev–Trinajstić information content (AvgIpc) is 2.73. The number of unbranched alkanes of at least 4 members (excludes halogenated alkanes) is 15. The van der Waals surface area contributed by atoms with Gasteiger partial charge in [0.05, 0.1) is 6.61 Å². The topological polar surface area (TPSA) is 26.3 Å². The minimum Gasteiger partial charge on any atom is -0.465 e. The molecule has 0 bridgehead atoms. The van der Waals surface area contributed by atoms with Crippen LogP contribution in [0.1, 0.15) is 156 Å². The molecule has 1 unspecified atom stereocenters. The van der Waals surface area contributed by atoms with Crippen LogP contribution in [0.2, 0.25) is 0 Å². The van der Waals surface area contributed by atoms with Crippen molar-refractivity contribution in [1.82, 2.24) is 0 Å². The van der Waals surface area contributed by atoms with Gasteiger partial charge in [-0.3, -0.25) is 4.79 Å². The zero-order chi connectivity index (χ0) is 21.4. The van der Waals surface area contributed by atoms with Crippen molar-refractivity contribution < 1.29 is 9.53 Å². The van der Waals surface area contributed by atoms with E-state index in [4.69, 9.17) is 4.74 Å². The molecule has 0 saturated heterocycles. The standard InChI is InChI=1S/C27H54O2/c1-4-7-10-12-13-14-15-16-17-18-19-21-24-27(28)29-25-26(22-9-6-3)23-20-11-8-5-2/h26H,4-25H2,1-3H3. The van der Waals surface area contributed by atoms with Crippen molar-refractivity contribution in [2.24, 2.45) is 5.92 Å². The third kappa shape index (κ3) is 22.0. The van der Waals surface area contributed by atoms with Crippen molar-refractivity contribution in [2.75, 3.05) is 6.61 Å². The zero-order valence-electron chi connectivity index (χ0n) is 20.5. The Labute approximate surface area is 184 Å². The number of hydrogen-bond acceptors (Lipinski definition) is 2. The van der Waals surface area contributed by atoms with Crippen LogP contribution in [-0.2, 0) is 9.53 Å². The second kappa shape index (κ2) is 23.7. The Morgan fingerprint density at radius 3 is 1.48 bits per heavy atom. The Balaban J connectivity index is 3.55. The minimum absolute atomic E-state index is 0.0344. The summed E-state index contributed by atoms with van der Waals surface area (Å²) < 4.78 is 5.62. The first-order chi connectivity index (χ1) is 14.2. The third-order valence-corrected chi connectivity index (χ3v) is 6.15. The summed E-state index contributed by atoms with van der Waals surface area (Å²) in [6.45, 7) is 7.43. The molecule has 0 spiro atoms. The molecule has 0 heterocycles. The molecule has 0 fully saturated rings. The van der Waals surface area contributed by atoms with Crippen LogP contribution in [0, 0.1) is 5.92 Å². The number of carbonyl (C=O) groups excluding carboxylic acids is 1. The largest absolute Gasteiger partial charge is 0.465 e. The van der Waals surface area contributed by atoms with Crippen molar-refractivity contribution >= 4 is 5.97 Å². The number of rotatable bonds is 23. The van der Waals surface area contributed by atoms with Gasteiger partial charge in [0, 0.05) is 6.42 Å². The Morgan fingerprint density at radius 2 is 0.966 bits per heavy atom. The van der Waals surface area contributed by atoms with E-state index in [2.05, 4.69) is 20.8 Å². The van der Waals surface area contributed by atoms with Gasteiger partial charge in [0.15, 0.2) is 0 Å². The number of hydrogen-bond donors (Lipinski definition) is 0. The molecule has 0 aromatic heterocycles. The van der Waals surface area contributed by atoms with Gasteiger partial charge >= 0.3 is 5.97 Å². The predicted molar refractivity (Wildman–Crippen MR) is 128 cm³/mol. The Morgan fingerprint density at radius 1 is 0.552 bits per heavy atom. The number of esters is 1. The molecule has 2 heteroatoms. The molecule has 0 radical (unpaired) electrons. The van der Waals surface area contributed by atoms with Gasteiger partial charge in [0.1, 0.15) is 0 Å². The summed E-state index contributed by atoms with van der Waals surface area (Å²) in [6, 6.07) is 0. The summed E-state index contributed by atoms with van der Waals surface area (Å²) in [5.41, 5.74) is 0. The van der Waals surface area contributed by atoms with Crippen LogP contribution < -0.4 is 0 Å². The smallest absolute Gasteiger partial charge is 0.305 e. The Hall–Kier alpha value is -0.530. The fraction of sp³-hybridized carbons (Fsp3) is 0.963. The lowest BCUT2D eigenvalue weighted by Crippen LogP contribution is -2.14. The first-order valence-electron chi connectivity index (χ1n) is 13.4. The van der Waals surface area contributed by atoms with Crippen LogP contribution in [0.3, 0.4) is 0 Å². The van der Waals surface area contributed by atoms with E-state index in [0.717, 1.165) is 6.42 Å². The maximum Gasteiger partial charge on any atom is 0.305 e. The maximum atomic E-state index is 12.1. The highest BCUT2D eigenvalue weighted by Crippen LogP contribution is 2.18. The van der Waals surface area contributed by atoms with Crippen molar-refractivity contribution in [2.45, 2.75) is 156 Å². The molecule has 0 aromatic rings. The molecule has 0 aromatic carbocycles. The lowest BCUT2D eigenvalue weighted by Gasteiger charge is -2.16. The van der Waals surface area contributed by atoms with Crippen molar-refractivity contribution in [1.29, 1.82) is 0 Å². The van der Waals surface area contributed by atoms with Crippen LogP contribution in [0.5, 0.6) is 0 Å². The highest BCUT2D eigenvalue weighted by molar-refractivity contribution is 5.69. The van der Waals surface area contributed by atoms with E-state index >= 15 is 0 Å². The van der Waals surface area contributed by atoms with Crippen molar-refractivity contribution in [3.8, 4) is 0 Å². The third-order valence-electron chi connectivity index (χ3n) is 6.15. The van der Waals surface area contributed by atoms with E-state index in [9.17, 15) is 4.79 Å². The molecule has 0 N–H and O–H groups in total. The van der Waals surface area contributed by atoms with Gasteiger partial charge in [0.25, 0.3) is 0 Å². The lowest BCUT2D eigenvalue weighted by atomic mass is 9.96. The van der Waals surface area contributed by atoms with Crippen molar-refractivity contribution in [3.05, 3.63) is 0 Å². The molecule has 0 saturated carbocycles. The molecule has 0 aliphatic carbocycles. The molecule has 2 nitrogen and oxygen atoms in total. The summed E-state index contributed by atoms with van der Waals surface area (Å²) in [4.78, 5) is 12.1. The second-order valence-corrected chi connectivity index (χ2v) is 9.18. The zero-order valence-corrected chi connectivity index (χ0v) is 20.5. The predicted octanol–water partition coefficient (Wildman–Crippen LogP) is 9.40. The van der Waals surface area contributed by atoms with Crippen LogP contribution >= 0.6 is 0 Å². The quantitative estimate of drug-likeness (QED) is 0.124.